The van der Waals surface area contributed by atoms with Crippen molar-refractivity contribution in [1.82, 2.24) is 4.57 Å². The Hall–Kier alpha value is -3.14. The molecule has 1 aromatic heterocycles. The maximum Gasteiger partial charge on any atom is 0.338 e. The number of ether oxygens (including phenoxy) is 3. The van der Waals surface area contributed by atoms with E-state index in [0.717, 1.165) is 4.47 Å². The largest absolute Gasteiger partial charge is 0.493 e. The van der Waals surface area contributed by atoms with E-state index in [4.69, 9.17) is 25.8 Å². The average molecular weight is 604 g/mol. The number of thiazole rings is 1. The Balaban J connectivity index is 1.99. The van der Waals surface area contributed by atoms with E-state index in [1.54, 1.807) is 57.4 Å². The molecule has 37 heavy (non-hydrogen) atoms. The lowest BCUT2D eigenvalue weighted by Gasteiger charge is -2.25. The molecule has 0 amide bonds. The zero-order chi connectivity index (χ0) is 26.7. The first-order chi connectivity index (χ1) is 17.8. The number of carbonyl (C=O) groups excluding carboxylic acids is 1. The molecular weight excluding hydrogens is 580 g/mol. The second kappa shape index (κ2) is 11.5. The van der Waals surface area contributed by atoms with Crippen LogP contribution < -0.4 is 24.4 Å². The van der Waals surface area contributed by atoms with Crippen LogP contribution in [0.2, 0.25) is 5.02 Å². The van der Waals surface area contributed by atoms with E-state index in [-0.39, 0.29) is 24.3 Å². The van der Waals surface area contributed by atoms with Crippen LogP contribution >= 0.6 is 38.9 Å². The topological polar surface area (TPSA) is 79.1 Å². The van der Waals surface area contributed by atoms with E-state index in [1.807, 2.05) is 12.1 Å². The van der Waals surface area contributed by atoms with Crippen LogP contribution in [0.5, 0.6) is 11.5 Å². The summed E-state index contributed by atoms with van der Waals surface area (Å²) in [6.45, 7) is 7.61. The third-order valence-electron chi connectivity index (χ3n) is 5.62. The first kappa shape index (κ1) is 26.9. The Morgan fingerprint density at radius 1 is 1.32 bits per heavy atom. The number of nitrogens with zero attached hydrogens (tertiary/aromatic N) is 2. The minimum atomic E-state index is -0.792. The van der Waals surface area contributed by atoms with Crippen LogP contribution in [0.25, 0.3) is 6.08 Å². The predicted octanol–water partition coefficient (Wildman–Crippen LogP) is 4.79. The van der Waals surface area contributed by atoms with Crippen molar-refractivity contribution in [2.24, 2.45) is 4.99 Å². The monoisotopic (exact) mass is 602 g/mol. The van der Waals surface area contributed by atoms with Gasteiger partial charge in [0.2, 0.25) is 0 Å². The first-order valence-corrected chi connectivity index (χ1v) is 13.3. The fraction of sp³-hybridized carbons (Fsp3) is 0.222. The van der Waals surface area contributed by atoms with Crippen molar-refractivity contribution in [2.75, 3.05) is 20.3 Å². The van der Waals surface area contributed by atoms with Gasteiger partial charge in [-0.2, -0.15) is 0 Å². The van der Waals surface area contributed by atoms with E-state index in [9.17, 15) is 9.59 Å². The molecule has 10 heteroatoms. The average Bonchev–Trinajstić information content (AvgIpc) is 3.17. The van der Waals surface area contributed by atoms with Crippen molar-refractivity contribution in [3.8, 4) is 11.5 Å². The minimum absolute atomic E-state index is 0.188. The zero-order valence-corrected chi connectivity index (χ0v) is 23.6. The number of halogens is 2. The van der Waals surface area contributed by atoms with Gasteiger partial charge in [-0.05, 0) is 43.7 Å². The molecular formula is C27H24BrClN2O5S. The van der Waals surface area contributed by atoms with Gasteiger partial charge in [-0.25, -0.2) is 9.79 Å². The lowest BCUT2D eigenvalue weighted by atomic mass is 9.96. The summed E-state index contributed by atoms with van der Waals surface area (Å²) < 4.78 is 19.3. The first-order valence-electron chi connectivity index (χ1n) is 11.4. The second-order valence-electron chi connectivity index (χ2n) is 7.95. The Morgan fingerprint density at radius 2 is 2.08 bits per heavy atom. The van der Waals surface area contributed by atoms with Crippen molar-refractivity contribution in [3.05, 3.63) is 101 Å². The highest BCUT2D eigenvalue weighted by molar-refractivity contribution is 9.10. The number of hydrogen-bond donors (Lipinski definition) is 0. The maximum absolute atomic E-state index is 13.9. The van der Waals surface area contributed by atoms with Gasteiger partial charge in [-0.3, -0.25) is 9.36 Å². The van der Waals surface area contributed by atoms with Gasteiger partial charge in [0.05, 0.1) is 29.5 Å². The molecule has 1 atom stereocenters. The van der Waals surface area contributed by atoms with E-state index in [2.05, 4.69) is 27.5 Å². The lowest BCUT2D eigenvalue weighted by molar-refractivity contribution is -0.139. The summed E-state index contributed by atoms with van der Waals surface area (Å²) in [4.78, 5) is 32.0. The van der Waals surface area contributed by atoms with Crippen LogP contribution in [0.3, 0.4) is 0 Å². The van der Waals surface area contributed by atoms with Gasteiger partial charge < -0.3 is 14.2 Å². The van der Waals surface area contributed by atoms with Crippen LogP contribution in [0.15, 0.2) is 74.6 Å². The molecule has 1 aliphatic heterocycles. The van der Waals surface area contributed by atoms with Gasteiger partial charge >= 0.3 is 5.97 Å². The van der Waals surface area contributed by atoms with Gasteiger partial charge in [0.1, 0.15) is 12.6 Å². The number of allylic oxidation sites excluding steroid dienone is 1. The summed E-state index contributed by atoms with van der Waals surface area (Å²) in [5, 5.41) is 0.426. The molecule has 0 unspecified atom stereocenters. The Morgan fingerprint density at radius 3 is 2.76 bits per heavy atom. The molecule has 0 spiro atoms. The van der Waals surface area contributed by atoms with Crippen LogP contribution in [0, 0.1) is 0 Å². The third kappa shape index (κ3) is 5.30. The summed E-state index contributed by atoms with van der Waals surface area (Å²) in [6, 6.07) is 9.95. The number of esters is 1. The molecule has 7 nitrogen and oxygen atoms in total. The highest BCUT2D eigenvalue weighted by atomic mass is 79.9. The van der Waals surface area contributed by atoms with Crippen molar-refractivity contribution >= 4 is 50.9 Å². The molecule has 1 aliphatic rings. The van der Waals surface area contributed by atoms with E-state index >= 15 is 0 Å². The highest BCUT2D eigenvalue weighted by Gasteiger charge is 2.34. The zero-order valence-electron chi connectivity index (χ0n) is 20.4. The lowest BCUT2D eigenvalue weighted by Crippen LogP contribution is -2.40. The molecule has 0 bridgehead atoms. The standard InChI is InChI=1S/C27H24BrClN2O5S/c1-5-11-36-24-16(12-17(28)14-20(24)34-4)13-21-25(32)31-23(18-9-7-8-10-19(18)29)22(26(33)35-6-2)15(3)30-27(31)37-21/h5,7-10,12-14,23H,1,6,11H2,2-4H3/b21-13-/t23-/m1/s1. The van der Waals surface area contributed by atoms with Gasteiger partial charge in [0, 0.05) is 15.1 Å². The second-order valence-corrected chi connectivity index (χ2v) is 10.3. The smallest absolute Gasteiger partial charge is 0.338 e. The summed E-state index contributed by atoms with van der Waals surface area (Å²) in [5.41, 5.74) is 1.65. The van der Waals surface area contributed by atoms with Crippen LogP contribution in [0.4, 0.5) is 0 Å². The van der Waals surface area contributed by atoms with Crippen LogP contribution in [-0.4, -0.2) is 30.9 Å². The fourth-order valence-electron chi connectivity index (χ4n) is 4.07. The van der Waals surface area contributed by atoms with Crippen molar-refractivity contribution in [3.63, 3.8) is 0 Å². The molecule has 4 rings (SSSR count). The molecule has 0 N–H and O–H groups in total. The Bertz CT molecular complexity index is 1590. The minimum Gasteiger partial charge on any atom is -0.493 e. The molecule has 2 aromatic carbocycles. The van der Waals surface area contributed by atoms with Crippen molar-refractivity contribution in [2.45, 2.75) is 19.9 Å². The van der Waals surface area contributed by atoms with E-state index in [1.165, 1.54) is 15.9 Å². The van der Waals surface area contributed by atoms with Crippen molar-refractivity contribution < 1.29 is 19.0 Å². The molecule has 192 valence electrons. The number of methoxy groups -OCH3 is 1. The molecule has 0 fully saturated rings. The fourth-order valence-corrected chi connectivity index (χ4v) is 5.80. The third-order valence-corrected chi connectivity index (χ3v) is 7.40. The molecule has 0 saturated carbocycles. The van der Waals surface area contributed by atoms with Gasteiger partial charge in [0.25, 0.3) is 5.56 Å². The summed E-state index contributed by atoms with van der Waals surface area (Å²) in [7, 11) is 1.55. The number of rotatable bonds is 8. The molecule has 2 heterocycles. The number of benzene rings is 2. The van der Waals surface area contributed by atoms with E-state index < -0.39 is 12.0 Å². The quantitative estimate of drug-likeness (QED) is 0.273. The SMILES string of the molecule is C=CCOc1c(/C=c2\sc3n(c2=O)[C@H](c2ccccc2Cl)C(C(=O)OCC)=C(C)N=3)cc(Br)cc1OC. The Labute approximate surface area is 231 Å². The number of hydrogen-bond acceptors (Lipinski definition) is 7. The molecule has 0 saturated heterocycles. The van der Waals surface area contributed by atoms with Gasteiger partial charge in [-0.1, -0.05) is 69.7 Å². The molecule has 0 radical (unpaired) electrons. The predicted molar refractivity (Wildman–Crippen MR) is 148 cm³/mol. The van der Waals surface area contributed by atoms with Crippen molar-refractivity contribution in [1.29, 1.82) is 0 Å². The van der Waals surface area contributed by atoms with Crippen LogP contribution in [-0.2, 0) is 9.53 Å². The Kier molecular flexibility index (Phi) is 8.36. The van der Waals surface area contributed by atoms with Gasteiger partial charge in [0.15, 0.2) is 16.3 Å². The molecule has 3 aromatic rings. The summed E-state index contributed by atoms with van der Waals surface area (Å²) >= 11 is 11.3. The normalized spacial score (nSPS) is 15.2. The number of carbonyl (C=O) groups is 1. The number of aromatic nitrogens is 1. The summed E-state index contributed by atoms with van der Waals surface area (Å²) in [5.74, 6) is 0.437. The van der Waals surface area contributed by atoms with Crippen LogP contribution in [0.1, 0.15) is 31.0 Å². The highest BCUT2D eigenvalue weighted by Crippen LogP contribution is 2.36. The maximum atomic E-state index is 13.9. The molecule has 0 aliphatic carbocycles. The van der Waals surface area contributed by atoms with Gasteiger partial charge in [-0.15, -0.1) is 0 Å². The number of fused-ring (bicyclic) bond motifs is 1. The summed E-state index contributed by atoms with van der Waals surface area (Å²) in [6.07, 6.45) is 3.35. The van der Waals surface area contributed by atoms with E-state index in [0.29, 0.717) is 42.7 Å².